The third-order valence-electron chi connectivity index (χ3n) is 8.79. The SMILES string of the molecule is O=C(C[C@H](Cc1ccccc1)C(=O)Oc1ccccc1P(c1ccccc1)c1ccccc1)OCC1c2ccccc2-c2ccccc21. The summed E-state index contributed by atoms with van der Waals surface area (Å²) < 4.78 is 12.2. The van der Waals surface area contributed by atoms with Crippen LogP contribution in [0.2, 0.25) is 0 Å². The van der Waals surface area contributed by atoms with Gasteiger partial charge < -0.3 is 9.47 Å². The maximum absolute atomic E-state index is 14.1. The van der Waals surface area contributed by atoms with Gasteiger partial charge in [0.2, 0.25) is 0 Å². The average Bonchev–Trinajstić information content (AvgIpc) is 3.46. The predicted molar refractivity (Wildman–Crippen MR) is 194 cm³/mol. The molecule has 236 valence electrons. The smallest absolute Gasteiger partial charge is 0.315 e. The van der Waals surface area contributed by atoms with Crippen LogP contribution in [0.15, 0.2) is 164 Å². The van der Waals surface area contributed by atoms with E-state index in [4.69, 9.17) is 9.47 Å². The Hall–Kier alpha value is -5.31. The van der Waals surface area contributed by atoms with Crippen LogP contribution >= 0.6 is 7.92 Å². The van der Waals surface area contributed by atoms with Gasteiger partial charge in [-0.3, -0.25) is 9.59 Å². The van der Waals surface area contributed by atoms with E-state index < -0.39 is 25.8 Å². The van der Waals surface area contributed by atoms with Gasteiger partial charge in [0.1, 0.15) is 12.4 Å². The molecule has 0 saturated carbocycles. The molecule has 0 aromatic heterocycles. The Bertz CT molecular complexity index is 1920. The van der Waals surface area contributed by atoms with E-state index in [9.17, 15) is 9.59 Å². The topological polar surface area (TPSA) is 52.6 Å². The number of ether oxygens (including phenoxy) is 2. The van der Waals surface area contributed by atoms with Crippen molar-refractivity contribution in [3.63, 3.8) is 0 Å². The minimum Gasteiger partial charge on any atom is -0.465 e. The van der Waals surface area contributed by atoms with Gasteiger partial charge in [-0.1, -0.05) is 158 Å². The quantitative estimate of drug-likeness (QED) is 0.0815. The standard InChI is InChI=1S/C43H35O4P/c44-42(46-30-39-37-24-12-10-22-35(37)36-23-11-13-25-38(36)39)29-32(28-31-16-4-1-5-17-31)43(45)47-40-26-14-15-27-41(40)48(33-18-6-2-7-19-33)34-20-8-3-9-21-34/h1-27,32,39H,28-30H2/t32-/m0/s1. The first-order valence-electron chi connectivity index (χ1n) is 16.2. The summed E-state index contributed by atoms with van der Waals surface area (Å²) in [7, 11) is -1.00. The number of fused-ring (bicyclic) bond motifs is 3. The van der Waals surface area contributed by atoms with Crippen LogP contribution in [0.25, 0.3) is 11.1 Å². The summed E-state index contributed by atoms with van der Waals surface area (Å²) in [5, 5.41) is 3.25. The zero-order valence-corrected chi connectivity index (χ0v) is 27.3. The normalized spacial score (nSPS) is 12.6. The molecule has 5 heteroatoms. The van der Waals surface area contributed by atoms with E-state index in [-0.39, 0.29) is 18.9 Å². The zero-order chi connectivity index (χ0) is 32.7. The molecular weight excluding hydrogens is 611 g/mol. The number of carbonyl (C=O) groups is 2. The molecular formula is C43H35O4P. The highest BCUT2D eigenvalue weighted by atomic mass is 31.1. The Morgan fingerprint density at radius 2 is 1.08 bits per heavy atom. The van der Waals surface area contributed by atoms with Crippen LogP contribution < -0.4 is 20.7 Å². The van der Waals surface area contributed by atoms with E-state index >= 15 is 0 Å². The number of esters is 2. The fourth-order valence-corrected chi connectivity index (χ4v) is 8.89. The van der Waals surface area contributed by atoms with Crippen LogP contribution in [0.1, 0.15) is 29.0 Å². The molecule has 0 spiro atoms. The molecule has 0 aliphatic heterocycles. The van der Waals surface area contributed by atoms with Gasteiger partial charge in [-0.25, -0.2) is 0 Å². The molecule has 0 saturated heterocycles. The summed E-state index contributed by atoms with van der Waals surface area (Å²) in [5.41, 5.74) is 5.59. The molecule has 6 aromatic carbocycles. The molecule has 0 unspecified atom stereocenters. The number of hydrogen-bond acceptors (Lipinski definition) is 4. The van der Waals surface area contributed by atoms with Crippen molar-refractivity contribution in [2.45, 2.75) is 18.8 Å². The number of carbonyl (C=O) groups excluding carboxylic acids is 2. The van der Waals surface area contributed by atoms with Crippen molar-refractivity contribution in [2.24, 2.45) is 5.92 Å². The van der Waals surface area contributed by atoms with E-state index in [1.807, 2.05) is 115 Å². The molecule has 0 heterocycles. The summed E-state index contributed by atoms with van der Waals surface area (Å²) in [6.45, 7) is 0.210. The van der Waals surface area contributed by atoms with Crippen LogP contribution in [0.3, 0.4) is 0 Å². The second-order valence-electron chi connectivity index (χ2n) is 11.9. The molecule has 0 N–H and O–H groups in total. The second kappa shape index (κ2) is 14.6. The van der Waals surface area contributed by atoms with E-state index in [0.29, 0.717) is 12.2 Å². The third kappa shape index (κ3) is 6.86. The first-order valence-corrected chi connectivity index (χ1v) is 17.6. The largest absolute Gasteiger partial charge is 0.465 e. The van der Waals surface area contributed by atoms with Gasteiger partial charge in [0.05, 0.1) is 12.3 Å². The summed E-state index contributed by atoms with van der Waals surface area (Å²) in [5.74, 6) is -1.14. The number of rotatable bonds is 11. The summed E-state index contributed by atoms with van der Waals surface area (Å²) in [6.07, 6.45) is 0.274. The van der Waals surface area contributed by atoms with E-state index in [2.05, 4.69) is 48.5 Å². The van der Waals surface area contributed by atoms with Gasteiger partial charge in [-0.05, 0) is 58.8 Å². The molecule has 1 aliphatic rings. The molecule has 4 nitrogen and oxygen atoms in total. The highest BCUT2D eigenvalue weighted by Crippen LogP contribution is 2.44. The molecule has 6 aromatic rings. The maximum atomic E-state index is 14.1. The van der Waals surface area contributed by atoms with Crippen LogP contribution in [-0.4, -0.2) is 18.5 Å². The summed E-state index contributed by atoms with van der Waals surface area (Å²) in [4.78, 5) is 27.6. The first kappa shape index (κ1) is 31.3. The van der Waals surface area contributed by atoms with Crippen molar-refractivity contribution < 1.29 is 19.1 Å². The van der Waals surface area contributed by atoms with Gasteiger partial charge in [0.25, 0.3) is 0 Å². The Morgan fingerprint density at radius 1 is 0.583 bits per heavy atom. The van der Waals surface area contributed by atoms with Crippen molar-refractivity contribution in [2.75, 3.05) is 6.61 Å². The first-order chi connectivity index (χ1) is 23.7. The molecule has 1 aliphatic carbocycles. The van der Waals surface area contributed by atoms with Gasteiger partial charge >= 0.3 is 11.9 Å². The second-order valence-corrected chi connectivity index (χ2v) is 14.1. The lowest BCUT2D eigenvalue weighted by molar-refractivity contribution is -0.150. The highest BCUT2D eigenvalue weighted by Gasteiger charge is 2.31. The van der Waals surface area contributed by atoms with Gasteiger partial charge in [0, 0.05) is 11.2 Å². The minimum absolute atomic E-state index is 0.0528. The van der Waals surface area contributed by atoms with Gasteiger partial charge in [-0.2, -0.15) is 0 Å². The Labute approximate surface area is 282 Å². The Kier molecular flexibility index (Phi) is 9.54. The van der Waals surface area contributed by atoms with Crippen molar-refractivity contribution in [3.8, 4) is 16.9 Å². The predicted octanol–water partition coefficient (Wildman–Crippen LogP) is 7.95. The van der Waals surface area contributed by atoms with E-state index in [1.54, 1.807) is 0 Å². The molecule has 7 rings (SSSR count). The number of para-hydroxylation sites is 1. The Morgan fingerprint density at radius 3 is 1.69 bits per heavy atom. The van der Waals surface area contributed by atoms with E-state index in [0.717, 1.165) is 32.6 Å². The lowest BCUT2D eigenvalue weighted by Crippen LogP contribution is -2.29. The zero-order valence-electron chi connectivity index (χ0n) is 26.4. The summed E-state index contributed by atoms with van der Waals surface area (Å²) >= 11 is 0. The monoisotopic (exact) mass is 646 g/mol. The lowest BCUT2D eigenvalue weighted by atomic mass is 9.96. The maximum Gasteiger partial charge on any atom is 0.315 e. The van der Waals surface area contributed by atoms with Crippen molar-refractivity contribution in [1.29, 1.82) is 0 Å². The van der Waals surface area contributed by atoms with Crippen molar-refractivity contribution in [3.05, 3.63) is 180 Å². The third-order valence-corrected chi connectivity index (χ3v) is 11.3. The van der Waals surface area contributed by atoms with Gasteiger partial charge in [0.15, 0.2) is 0 Å². The molecule has 48 heavy (non-hydrogen) atoms. The Balaban J connectivity index is 1.13. The average molecular weight is 647 g/mol. The number of hydrogen-bond donors (Lipinski definition) is 0. The minimum atomic E-state index is -1.00. The molecule has 1 atom stereocenters. The number of benzene rings is 6. The molecule has 0 amide bonds. The fraction of sp³-hybridized carbons (Fsp3) is 0.116. The van der Waals surface area contributed by atoms with Crippen molar-refractivity contribution >= 4 is 35.8 Å². The molecule has 0 fully saturated rings. The fourth-order valence-electron chi connectivity index (χ4n) is 6.51. The highest BCUT2D eigenvalue weighted by molar-refractivity contribution is 7.80. The van der Waals surface area contributed by atoms with Crippen LogP contribution in [0.4, 0.5) is 0 Å². The summed E-state index contributed by atoms with van der Waals surface area (Å²) in [6, 6.07) is 54.6. The van der Waals surface area contributed by atoms with Crippen LogP contribution in [0, 0.1) is 5.92 Å². The van der Waals surface area contributed by atoms with Crippen LogP contribution in [-0.2, 0) is 20.7 Å². The van der Waals surface area contributed by atoms with E-state index in [1.165, 1.54) is 11.1 Å². The molecule has 0 radical (unpaired) electrons. The van der Waals surface area contributed by atoms with Crippen molar-refractivity contribution in [1.82, 2.24) is 0 Å². The van der Waals surface area contributed by atoms with Crippen LogP contribution in [0.5, 0.6) is 5.75 Å². The molecule has 0 bridgehead atoms. The van der Waals surface area contributed by atoms with Gasteiger partial charge in [-0.15, -0.1) is 0 Å². The lowest BCUT2D eigenvalue weighted by Gasteiger charge is -2.23.